The van der Waals surface area contributed by atoms with Crippen LogP contribution in [0.5, 0.6) is 0 Å². The number of halogens is 2. The summed E-state index contributed by atoms with van der Waals surface area (Å²) in [5.74, 6) is -0.746. The Balaban J connectivity index is 2.19. The van der Waals surface area contributed by atoms with Gasteiger partial charge in [0.05, 0.1) is 6.04 Å². The van der Waals surface area contributed by atoms with Gasteiger partial charge < -0.3 is 5.32 Å². The lowest BCUT2D eigenvalue weighted by Gasteiger charge is -2.15. The van der Waals surface area contributed by atoms with Crippen LogP contribution in [-0.4, -0.2) is 9.97 Å². The molecular weight excluding hydrogens is 236 g/mol. The third-order valence-corrected chi connectivity index (χ3v) is 2.57. The Morgan fingerprint density at radius 1 is 1.22 bits per heavy atom. The number of hydrogen-bond donors (Lipinski definition) is 1. The van der Waals surface area contributed by atoms with Crippen molar-refractivity contribution in [2.75, 3.05) is 5.32 Å². The molecule has 0 unspecified atom stereocenters. The average Bonchev–Trinajstić information content (AvgIpc) is 2.28. The second-order valence-electron chi connectivity index (χ2n) is 4.05. The molecule has 1 atom stereocenters. The smallest absolute Gasteiger partial charge is 0.223 e. The third kappa shape index (κ3) is 2.80. The molecule has 0 saturated heterocycles. The Morgan fingerprint density at radius 3 is 2.67 bits per heavy atom. The molecule has 0 aliphatic carbocycles. The molecule has 1 heterocycles. The van der Waals surface area contributed by atoms with E-state index in [-0.39, 0.29) is 6.04 Å². The van der Waals surface area contributed by atoms with Crippen LogP contribution in [0.3, 0.4) is 0 Å². The van der Waals surface area contributed by atoms with Crippen LogP contribution in [0.2, 0.25) is 0 Å². The normalized spacial score (nSPS) is 12.2. The van der Waals surface area contributed by atoms with Gasteiger partial charge in [-0.2, -0.15) is 0 Å². The summed E-state index contributed by atoms with van der Waals surface area (Å²) in [6, 6.07) is 4.94. The fourth-order valence-corrected chi connectivity index (χ4v) is 1.64. The zero-order chi connectivity index (χ0) is 13.1. The predicted molar refractivity (Wildman–Crippen MR) is 65.2 cm³/mol. The highest BCUT2D eigenvalue weighted by Crippen LogP contribution is 2.20. The van der Waals surface area contributed by atoms with E-state index < -0.39 is 11.6 Å². The molecule has 0 bridgehead atoms. The number of aryl methyl sites for hydroxylation is 1. The first-order chi connectivity index (χ1) is 8.56. The maximum Gasteiger partial charge on any atom is 0.223 e. The Morgan fingerprint density at radius 2 is 2.00 bits per heavy atom. The first-order valence-corrected chi connectivity index (χ1v) is 5.57. The molecule has 0 spiro atoms. The predicted octanol–water partition coefficient (Wildman–Crippen LogP) is 3.24. The topological polar surface area (TPSA) is 37.8 Å². The summed E-state index contributed by atoms with van der Waals surface area (Å²) in [6.45, 7) is 3.61. The van der Waals surface area contributed by atoms with Crippen molar-refractivity contribution >= 4 is 5.95 Å². The molecular formula is C13H13F2N3. The van der Waals surface area contributed by atoms with E-state index in [9.17, 15) is 8.78 Å². The highest BCUT2D eigenvalue weighted by Gasteiger charge is 2.12. The fraction of sp³-hybridized carbons (Fsp3) is 0.231. The van der Waals surface area contributed by atoms with E-state index in [1.54, 1.807) is 19.2 Å². The minimum absolute atomic E-state index is 0.340. The standard InChI is InChI=1S/C13H13F2N3/c1-8-5-6-16-13(17-8)18-9(2)11-4-3-10(14)7-12(11)15/h3-7,9H,1-2H3,(H,16,17,18)/t9-/m0/s1. The van der Waals surface area contributed by atoms with Crippen molar-refractivity contribution in [1.82, 2.24) is 9.97 Å². The highest BCUT2D eigenvalue weighted by atomic mass is 19.1. The van der Waals surface area contributed by atoms with E-state index >= 15 is 0 Å². The van der Waals surface area contributed by atoms with Crippen molar-refractivity contribution in [2.45, 2.75) is 19.9 Å². The number of benzene rings is 1. The SMILES string of the molecule is Cc1ccnc(N[C@@H](C)c2ccc(F)cc2F)n1. The van der Waals surface area contributed by atoms with E-state index in [4.69, 9.17) is 0 Å². The lowest BCUT2D eigenvalue weighted by molar-refractivity contribution is 0.566. The number of nitrogens with zero attached hydrogens (tertiary/aromatic N) is 2. The lowest BCUT2D eigenvalue weighted by Crippen LogP contribution is -2.11. The van der Waals surface area contributed by atoms with Gasteiger partial charge in [0.2, 0.25) is 5.95 Å². The van der Waals surface area contributed by atoms with Crippen molar-refractivity contribution in [1.29, 1.82) is 0 Å². The zero-order valence-electron chi connectivity index (χ0n) is 10.1. The molecule has 0 aliphatic heterocycles. The van der Waals surface area contributed by atoms with Crippen molar-refractivity contribution in [3.63, 3.8) is 0 Å². The van der Waals surface area contributed by atoms with Gasteiger partial charge in [0, 0.05) is 23.5 Å². The van der Waals surface area contributed by atoms with Crippen molar-refractivity contribution < 1.29 is 8.78 Å². The van der Waals surface area contributed by atoms with Crippen LogP contribution >= 0.6 is 0 Å². The van der Waals surface area contributed by atoms with Crippen LogP contribution < -0.4 is 5.32 Å². The molecule has 1 aromatic carbocycles. The van der Waals surface area contributed by atoms with Crippen LogP contribution in [0.25, 0.3) is 0 Å². The van der Waals surface area contributed by atoms with Crippen LogP contribution in [0, 0.1) is 18.6 Å². The first-order valence-electron chi connectivity index (χ1n) is 5.57. The van der Waals surface area contributed by atoms with Crippen LogP contribution in [0.1, 0.15) is 24.2 Å². The minimum atomic E-state index is -0.588. The molecule has 18 heavy (non-hydrogen) atoms. The monoisotopic (exact) mass is 249 g/mol. The molecule has 0 radical (unpaired) electrons. The van der Waals surface area contributed by atoms with Gasteiger partial charge in [0.15, 0.2) is 0 Å². The number of anilines is 1. The van der Waals surface area contributed by atoms with Gasteiger partial charge in [-0.25, -0.2) is 18.7 Å². The summed E-state index contributed by atoms with van der Waals surface area (Å²) in [7, 11) is 0. The quantitative estimate of drug-likeness (QED) is 0.907. The van der Waals surface area contributed by atoms with Gasteiger partial charge in [0.25, 0.3) is 0 Å². The van der Waals surface area contributed by atoms with E-state index in [1.807, 2.05) is 6.92 Å². The molecule has 2 rings (SSSR count). The number of aromatic nitrogens is 2. The molecule has 94 valence electrons. The van der Waals surface area contributed by atoms with Crippen molar-refractivity contribution in [3.8, 4) is 0 Å². The van der Waals surface area contributed by atoms with Crippen LogP contribution in [0.15, 0.2) is 30.5 Å². The highest BCUT2D eigenvalue weighted by molar-refractivity contribution is 5.32. The van der Waals surface area contributed by atoms with Crippen molar-refractivity contribution in [3.05, 3.63) is 53.4 Å². The Bertz CT molecular complexity index is 558. The van der Waals surface area contributed by atoms with E-state index in [1.165, 1.54) is 12.1 Å². The van der Waals surface area contributed by atoms with Crippen molar-refractivity contribution in [2.24, 2.45) is 0 Å². The molecule has 1 N–H and O–H groups in total. The van der Waals surface area contributed by atoms with Gasteiger partial charge in [0.1, 0.15) is 11.6 Å². The van der Waals surface area contributed by atoms with Gasteiger partial charge >= 0.3 is 0 Å². The molecule has 3 nitrogen and oxygen atoms in total. The summed E-state index contributed by atoms with van der Waals surface area (Å²) < 4.78 is 26.4. The Hall–Kier alpha value is -2.04. The van der Waals surface area contributed by atoms with Gasteiger partial charge in [-0.15, -0.1) is 0 Å². The van der Waals surface area contributed by atoms with E-state index in [0.717, 1.165) is 11.8 Å². The third-order valence-electron chi connectivity index (χ3n) is 2.57. The second kappa shape index (κ2) is 5.08. The minimum Gasteiger partial charge on any atom is -0.348 e. The number of rotatable bonds is 3. The summed E-state index contributed by atoms with van der Waals surface area (Å²) in [5, 5.41) is 2.97. The van der Waals surface area contributed by atoms with Gasteiger partial charge in [-0.05, 0) is 26.0 Å². The first kappa shape index (κ1) is 12.4. The molecule has 2 aromatic rings. The maximum atomic E-state index is 13.6. The summed E-state index contributed by atoms with van der Waals surface area (Å²) in [6.07, 6.45) is 1.62. The Labute approximate surface area is 104 Å². The number of nitrogens with one attached hydrogen (secondary N) is 1. The van der Waals surface area contributed by atoms with Crippen LogP contribution in [0.4, 0.5) is 14.7 Å². The Kier molecular flexibility index (Phi) is 3.50. The maximum absolute atomic E-state index is 13.6. The lowest BCUT2D eigenvalue weighted by atomic mass is 10.1. The van der Waals surface area contributed by atoms with E-state index in [2.05, 4.69) is 15.3 Å². The van der Waals surface area contributed by atoms with E-state index in [0.29, 0.717) is 11.5 Å². The number of hydrogen-bond acceptors (Lipinski definition) is 3. The second-order valence-corrected chi connectivity index (χ2v) is 4.05. The largest absolute Gasteiger partial charge is 0.348 e. The molecule has 0 amide bonds. The summed E-state index contributed by atoms with van der Waals surface area (Å²) in [5.41, 5.74) is 1.20. The summed E-state index contributed by atoms with van der Waals surface area (Å²) in [4.78, 5) is 8.20. The fourth-order valence-electron chi connectivity index (χ4n) is 1.64. The van der Waals surface area contributed by atoms with Gasteiger partial charge in [-0.3, -0.25) is 0 Å². The molecule has 5 heteroatoms. The molecule has 0 fully saturated rings. The van der Waals surface area contributed by atoms with Gasteiger partial charge in [-0.1, -0.05) is 6.07 Å². The average molecular weight is 249 g/mol. The summed E-state index contributed by atoms with van der Waals surface area (Å²) >= 11 is 0. The molecule has 1 aromatic heterocycles. The molecule has 0 saturated carbocycles. The van der Waals surface area contributed by atoms with Crippen LogP contribution in [-0.2, 0) is 0 Å². The molecule has 0 aliphatic rings. The zero-order valence-corrected chi connectivity index (χ0v) is 10.1.